The zero-order valence-electron chi connectivity index (χ0n) is 11.9. The van der Waals surface area contributed by atoms with Crippen LogP contribution in [0.2, 0.25) is 0 Å². The minimum absolute atomic E-state index is 0.124. The Morgan fingerprint density at radius 3 is 2.37 bits per heavy atom. The van der Waals surface area contributed by atoms with Crippen LogP contribution in [-0.4, -0.2) is 18.2 Å². The summed E-state index contributed by atoms with van der Waals surface area (Å²) >= 11 is 3.37. The van der Waals surface area contributed by atoms with Gasteiger partial charge in [-0.2, -0.15) is 0 Å². The lowest BCUT2D eigenvalue weighted by Crippen LogP contribution is -2.25. The maximum Gasteiger partial charge on any atom is 0.306 e. The van der Waals surface area contributed by atoms with E-state index in [1.165, 1.54) is 0 Å². The van der Waals surface area contributed by atoms with Gasteiger partial charge in [0, 0.05) is 10.4 Å². The Hall–Kier alpha value is -1.03. The Bertz CT molecular complexity index is 406. The van der Waals surface area contributed by atoms with E-state index in [0.717, 1.165) is 10.2 Å². The number of ether oxygens (including phenoxy) is 2. The van der Waals surface area contributed by atoms with Crippen LogP contribution < -0.4 is 4.74 Å². The number of hydrogen-bond donors (Lipinski definition) is 0. The molecule has 19 heavy (non-hydrogen) atoms. The smallest absolute Gasteiger partial charge is 0.306 e. The third kappa shape index (κ3) is 7.21. The van der Waals surface area contributed by atoms with Crippen molar-refractivity contribution >= 4 is 21.9 Å². The predicted molar refractivity (Wildman–Crippen MR) is 79.3 cm³/mol. The molecule has 0 saturated heterocycles. The Morgan fingerprint density at radius 2 is 1.84 bits per heavy atom. The van der Waals surface area contributed by atoms with E-state index in [0.29, 0.717) is 13.0 Å². The lowest BCUT2D eigenvalue weighted by molar-refractivity contribution is -0.156. The van der Waals surface area contributed by atoms with Gasteiger partial charge in [-0.05, 0) is 45.0 Å². The van der Waals surface area contributed by atoms with Crippen molar-refractivity contribution < 1.29 is 14.3 Å². The molecule has 1 rings (SSSR count). The average Bonchev–Trinajstić information content (AvgIpc) is 2.25. The average molecular weight is 329 g/mol. The summed E-state index contributed by atoms with van der Waals surface area (Å²) in [6, 6.07) is 7.64. The van der Waals surface area contributed by atoms with Gasteiger partial charge in [-0.3, -0.25) is 4.79 Å². The molecule has 1 atom stereocenters. The Balaban J connectivity index is 2.33. The van der Waals surface area contributed by atoms with E-state index in [2.05, 4.69) is 15.9 Å². The first-order valence-corrected chi connectivity index (χ1v) is 7.16. The van der Waals surface area contributed by atoms with Crippen molar-refractivity contribution in [1.29, 1.82) is 0 Å². The molecule has 1 aromatic rings. The monoisotopic (exact) mass is 328 g/mol. The maximum absolute atomic E-state index is 11.6. The van der Waals surface area contributed by atoms with E-state index < -0.39 is 5.60 Å². The zero-order chi connectivity index (χ0) is 14.5. The fourth-order valence-corrected chi connectivity index (χ4v) is 1.76. The summed E-state index contributed by atoms with van der Waals surface area (Å²) in [4.78, 5) is 11.6. The molecule has 0 aliphatic heterocycles. The molecule has 0 spiro atoms. The third-order valence-electron chi connectivity index (χ3n) is 2.28. The van der Waals surface area contributed by atoms with Crippen molar-refractivity contribution in [3.63, 3.8) is 0 Å². The van der Waals surface area contributed by atoms with Gasteiger partial charge in [0.25, 0.3) is 0 Å². The first kappa shape index (κ1) is 16.0. The molecule has 0 aliphatic rings. The first-order valence-electron chi connectivity index (χ1n) is 6.36. The van der Waals surface area contributed by atoms with Crippen LogP contribution in [0, 0.1) is 5.92 Å². The van der Waals surface area contributed by atoms with E-state index in [9.17, 15) is 4.79 Å². The largest absolute Gasteiger partial charge is 0.493 e. The molecule has 106 valence electrons. The number of halogens is 1. The van der Waals surface area contributed by atoms with E-state index >= 15 is 0 Å². The third-order valence-corrected chi connectivity index (χ3v) is 2.81. The predicted octanol–water partition coefficient (Wildman–Crippen LogP) is 4.20. The van der Waals surface area contributed by atoms with Gasteiger partial charge in [0.05, 0.1) is 13.0 Å². The van der Waals surface area contributed by atoms with Crippen molar-refractivity contribution in [3.8, 4) is 5.75 Å². The molecular weight excluding hydrogens is 308 g/mol. The fourth-order valence-electron chi connectivity index (χ4n) is 1.50. The van der Waals surface area contributed by atoms with Gasteiger partial charge in [-0.25, -0.2) is 0 Å². The number of hydrogen-bond acceptors (Lipinski definition) is 3. The molecule has 0 aliphatic carbocycles. The summed E-state index contributed by atoms with van der Waals surface area (Å²) in [7, 11) is 0. The summed E-state index contributed by atoms with van der Waals surface area (Å²) < 4.78 is 11.9. The van der Waals surface area contributed by atoms with Gasteiger partial charge in [0.15, 0.2) is 0 Å². The van der Waals surface area contributed by atoms with Crippen LogP contribution >= 0.6 is 15.9 Å². The lowest BCUT2D eigenvalue weighted by Gasteiger charge is -2.21. The summed E-state index contributed by atoms with van der Waals surface area (Å²) in [5.41, 5.74) is -0.427. The topological polar surface area (TPSA) is 35.5 Å². The number of esters is 1. The van der Waals surface area contributed by atoms with Gasteiger partial charge >= 0.3 is 5.97 Å². The highest BCUT2D eigenvalue weighted by Gasteiger charge is 2.18. The SMILES string of the molecule is C[C@H](COc1ccc(Br)cc1)CC(=O)OC(C)(C)C. The Kier molecular flexibility index (Phi) is 5.85. The number of carbonyl (C=O) groups is 1. The van der Waals surface area contributed by atoms with Gasteiger partial charge in [0.2, 0.25) is 0 Å². The number of benzene rings is 1. The van der Waals surface area contributed by atoms with Crippen LogP contribution in [0.3, 0.4) is 0 Å². The second-order valence-electron chi connectivity index (χ2n) is 5.66. The van der Waals surface area contributed by atoms with Crippen LogP contribution in [0.25, 0.3) is 0 Å². The summed E-state index contributed by atoms with van der Waals surface area (Å²) in [5, 5.41) is 0. The van der Waals surface area contributed by atoms with E-state index in [-0.39, 0.29) is 11.9 Å². The molecule has 0 heterocycles. The Labute approximate surface area is 123 Å². The summed E-state index contributed by atoms with van der Waals surface area (Å²) in [6.07, 6.45) is 0.369. The lowest BCUT2D eigenvalue weighted by atomic mass is 10.1. The summed E-state index contributed by atoms with van der Waals surface area (Å²) in [6.45, 7) is 8.08. The van der Waals surface area contributed by atoms with Gasteiger partial charge < -0.3 is 9.47 Å². The Morgan fingerprint density at radius 1 is 1.26 bits per heavy atom. The minimum Gasteiger partial charge on any atom is -0.493 e. The van der Waals surface area contributed by atoms with Gasteiger partial charge in [-0.15, -0.1) is 0 Å². The van der Waals surface area contributed by atoms with Crippen LogP contribution in [0.15, 0.2) is 28.7 Å². The van der Waals surface area contributed by atoms with Crippen molar-refractivity contribution in [2.45, 2.75) is 39.7 Å². The van der Waals surface area contributed by atoms with E-state index in [4.69, 9.17) is 9.47 Å². The molecule has 0 fully saturated rings. The molecule has 1 aromatic carbocycles. The minimum atomic E-state index is -0.427. The molecule has 0 radical (unpaired) electrons. The molecule has 0 N–H and O–H groups in total. The number of carbonyl (C=O) groups excluding carboxylic acids is 1. The van der Waals surface area contributed by atoms with Crippen LogP contribution in [0.5, 0.6) is 5.75 Å². The normalized spacial score (nSPS) is 12.9. The van der Waals surface area contributed by atoms with E-state index in [1.54, 1.807) is 0 Å². The van der Waals surface area contributed by atoms with Gasteiger partial charge in [-0.1, -0.05) is 22.9 Å². The van der Waals surface area contributed by atoms with E-state index in [1.807, 2.05) is 52.0 Å². The van der Waals surface area contributed by atoms with Gasteiger partial charge in [0.1, 0.15) is 11.4 Å². The molecule has 0 amide bonds. The molecule has 0 saturated carbocycles. The highest BCUT2D eigenvalue weighted by Crippen LogP contribution is 2.18. The molecule has 0 unspecified atom stereocenters. The molecule has 3 nitrogen and oxygen atoms in total. The van der Waals surface area contributed by atoms with Crippen molar-refractivity contribution in [2.75, 3.05) is 6.61 Å². The van der Waals surface area contributed by atoms with Crippen LogP contribution in [-0.2, 0) is 9.53 Å². The molecule has 4 heteroatoms. The van der Waals surface area contributed by atoms with Crippen molar-refractivity contribution in [2.24, 2.45) is 5.92 Å². The zero-order valence-corrected chi connectivity index (χ0v) is 13.5. The molecular formula is C15H21BrO3. The molecule has 0 bridgehead atoms. The molecule has 0 aromatic heterocycles. The highest BCUT2D eigenvalue weighted by atomic mass is 79.9. The summed E-state index contributed by atoms with van der Waals surface area (Å²) in [5.74, 6) is 0.747. The highest BCUT2D eigenvalue weighted by molar-refractivity contribution is 9.10. The van der Waals surface area contributed by atoms with Crippen LogP contribution in [0.1, 0.15) is 34.1 Å². The van der Waals surface area contributed by atoms with Crippen LogP contribution in [0.4, 0.5) is 0 Å². The number of rotatable bonds is 5. The van der Waals surface area contributed by atoms with Crippen molar-refractivity contribution in [1.82, 2.24) is 0 Å². The maximum atomic E-state index is 11.6. The van der Waals surface area contributed by atoms with Crippen molar-refractivity contribution in [3.05, 3.63) is 28.7 Å². The standard InChI is InChI=1S/C15H21BrO3/c1-11(9-14(17)19-15(2,3)4)10-18-13-7-5-12(16)6-8-13/h5-8,11H,9-10H2,1-4H3/t11-/m0/s1. The second-order valence-corrected chi connectivity index (χ2v) is 6.58. The second kappa shape index (κ2) is 6.94. The quantitative estimate of drug-likeness (QED) is 0.760. The first-order chi connectivity index (χ1) is 8.76. The fraction of sp³-hybridized carbons (Fsp3) is 0.533.